The molecule has 1 N–H and O–H groups in total. The van der Waals surface area contributed by atoms with Crippen LogP contribution >= 0.6 is 15.9 Å². The minimum atomic E-state index is 0.735. The summed E-state index contributed by atoms with van der Waals surface area (Å²) < 4.78 is 6.46. The molecule has 0 radical (unpaired) electrons. The van der Waals surface area contributed by atoms with Crippen LogP contribution in [0.15, 0.2) is 39.5 Å². The first-order chi connectivity index (χ1) is 10.2. The summed E-state index contributed by atoms with van der Waals surface area (Å²) >= 11 is 3.51. The summed E-state index contributed by atoms with van der Waals surface area (Å²) in [4.78, 5) is 6.84. The van der Waals surface area contributed by atoms with Crippen molar-refractivity contribution in [1.29, 1.82) is 0 Å². The molecule has 0 aliphatic heterocycles. The predicted molar refractivity (Wildman–Crippen MR) is 89.4 cm³/mol. The summed E-state index contributed by atoms with van der Waals surface area (Å²) in [5.41, 5.74) is 1.20. The summed E-state index contributed by atoms with van der Waals surface area (Å²) in [6, 6.07) is 6.05. The number of furan rings is 1. The van der Waals surface area contributed by atoms with Crippen molar-refractivity contribution in [3.05, 3.63) is 46.5 Å². The Bertz CT molecular complexity index is 542. The molecule has 4 nitrogen and oxygen atoms in total. The Hall–Kier alpha value is -1.33. The maximum Gasteiger partial charge on any atom is 0.133 e. The van der Waals surface area contributed by atoms with Crippen LogP contribution in [0, 0.1) is 0 Å². The van der Waals surface area contributed by atoms with Gasteiger partial charge in [0.25, 0.3) is 0 Å². The third kappa shape index (κ3) is 4.58. The van der Waals surface area contributed by atoms with Crippen LogP contribution in [0.25, 0.3) is 0 Å². The van der Waals surface area contributed by atoms with Crippen molar-refractivity contribution >= 4 is 21.7 Å². The SMILES string of the molecule is CCCNCc1cc(Br)cnc1N(CC)Cc1ccco1. The fraction of sp³-hybridized carbons (Fsp3) is 0.438. The zero-order chi connectivity index (χ0) is 15.1. The van der Waals surface area contributed by atoms with Gasteiger partial charge in [0.1, 0.15) is 11.6 Å². The van der Waals surface area contributed by atoms with Crippen molar-refractivity contribution in [2.45, 2.75) is 33.4 Å². The molecule has 0 bridgehead atoms. The highest BCUT2D eigenvalue weighted by Crippen LogP contribution is 2.23. The zero-order valence-corrected chi connectivity index (χ0v) is 14.2. The van der Waals surface area contributed by atoms with Gasteiger partial charge in [0.15, 0.2) is 0 Å². The van der Waals surface area contributed by atoms with Gasteiger partial charge in [-0.05, 0) is 54.0 Å². The normalized spacial score (nSPS) is 10.8. The van der Waals surface area contributed by atoms with Crippen LogP contribution in [-0.2, 0) is 13.1 Å². The molecule has 0 aliphatic carbocycles. The van der Waals surface area contributed by atoms with Crippen molar-refractivity contribution in [2.75, 3.05) is 18.0 Å². The summed E-state index contributed by atoms with van der Waals surface area (Å²) in [5, 5.41) is 3.45. The van der Waals surface area contributed by atoms with Gasteiger partial charge in [-0.3, -0.25) is 0 Å². The monoisotopic (exact) mass is 351 g/mol. The Morgan fingerprint density at radius 3 is 2.90 bits per heavy atom. The van der Waals surface area contributed by atoms with E-state index in [2.05, 4.69) is 51.0 Å². The van der Waals surface area contributed by atoms with E-state index in [-0.39, 0.29) is 0 Å². The molecule has 2 heterocycles. The fourth-order valence-electron chi connectivity index (χ4n) is 2.22. The molecule has 0 aromatic carbocycles. The molecule has 0 saturated heterocycles. The average Bonchev–Trinajstić information content (AvgIpc) is 2.99. The van der Waals surface area contributed by atoms with Crippen LogP contribution in [0.2, 0.25) is 0 Å². The zero-order valence-electron chi connectivity index (χ0n) is 12.6. The lowest BCUT2D eigenvalue weighted by atomic mass is 10.2. The minimum Gasteiger partial charge on any atom is -0.467 e. The van der Waals surface area contributed by atoms with Crippen LogP contribution in [-0.4, -0.2) is 18.1 Å². The quantitative estimate of drug-likeness (QED) is 0.730. The number of halogens is 1. The fourth-order valence-corrected chi connectivity index (χ4v) is 2.59. The number of rotatable bonds is 8. The van der Waals surface area contributed by atoms with Gasteiger partial charge >= 0.3 is 0 Å². The van der Waals surface area contributed by atoms with Gasteiger partial charge in [-0.1, -0.05) is 6.92 Å². The van der Waals surface area contributed by atoms with Crippen LogP contribution in [0.3, 0.4) is 0 Å². The molecule has 5 heteroatoms. The van der Waals surface area contributed by atoms with E-state index in [1.54, 1.807) is 6.26 Å². The maximum absolute atomic E-state index is 5.46. The lowest BCUT2D eigenvalue weighted by Gasteiger charge is -2.24. The highest BCUT2D eigenvalue weighted by molar-refractivity contribution is 9.10. The molecule has 0 unspecified atom stereocenters. The highest BCUT2D eigenvalue weighted by Gasteiger charge is 2.13. The van der Waals surface area contributed by atoms with E-state index in [0.717, 1.165) is 48.7 Å². The summed E-state index contributed by atoms with van der Waals surface area (Å²) in [6.45, 7) is 7.76. The lowest BCUT2D eigenvalue weighted by Crippen LogP contribution is -2.26. The first kappa shape index (κ1) is 16.0. The molecule has 21 heavy (non-hydrogen) atoms. The van der Waals surface area contributed by atoms with Crippen LogP contribution in [0.1, 0.15) is 31.6 Å². The Morgan fingerprint density at radius 2 is 2.24 bits per heavy atom. The van der Waals surface area contributed by atoms with Crippen LogP contribution < -0.4 is 10.2 Å². The van der Waals surface area contributed by atoms with Crippen molar-refractivity contribution in [3.8, 4) is 0 Å². The van der Waals surface area contributed by atoms with E-state index in [9.17, 15) is 0 Å². The minimum absolute atomic E-state index is 0.735. The first-order valence-electron chi connectivity index (χ1n) is 7.37. The average molecular weight is 352 g/mol. The lowest BCUT2D eigenvalue weighted by molar-refractivity contribution is 0.502. The van der Waals surface area contributed by atoms with Crippen LogP contribution in [0.4, 0.5) is 5.82 Å². The molecule has 2 aromatic heterocycles. The number of pyridine rings is 1. The molecule has 2 aromatic rings. The number of aromatic nitrogens is 1. The van der Waals surface area contributed by atoms with Crippen molar-refractivity contribution in [1.82, 2.24) is 10.3 Å². The Balaban J connectivity index is 2.18. The highest BCUT2D eigenvalue weighted by atomic mass is 79.9. The maximum atomic E-state index is 5.46. The van der Waals surface area contributed by atoms with Gasteiger partial charge in [0.05, 0.1) is 12.8 Å². The van der Waals surface area contributed by atoms with Gasteiger partial charge in [-0.25, -0.2) is 4.98 Å². The Morgan fingerprint density at radius 1 is 1.38 bits per heavy atom. The number of anilines is 1. The molecule has 0 spiro atoms. The van der Waals surface area contributed by atoms with Gasteiger partial charge in [-0.2, -0.15) is 0 Å². The standard InChI is InChI=1S/C16H22BrN3O/c1-3-7-18-10-13-9-14(17)11-19-16(13)20(4-2)12-15-6-5-8-21-15/h5-6,8-9,11,18H,3-4,7,10,12H2,1-2H3. The summed E-state index contributed by atoms with van der Waals surface area (Å²) in [5.74, 6) is 1.97. The van der Waals surface area contributed by atoms with Gasteiger partial charge in [0, 0.05) is 29.3 Å². The number of hydrogen-bond acceptors (Lipinski definition) is 4. The molecular formula is C16H22BrN3O. The summed E-state index contributed by atoms with van der Waals surface area (Å²) in [6.07, 6.45) is 4.69. The third-order valence-corrected chi connectivity index (χ3v) is 3.69. The topological polar surface area (TPSA) is 41.3 Å². The molecular weight excluding hydrogens is 330 g/mol. The number of nitrogens with zero attached hydrogens (tertiary/aromatic N) is 2. The van der Waals surface area contributed by atoms with Gasteiger partial charge in [-0.15, -0.1) is 0 Å². The van der Waals surface area contributed by atoms with E-state index in [4.69, 9.17) is 4.42 Å². The Labute approximate surface area is 134 Å². The molecule has 114 valence electrons. The van der Waals surface area contributed by atoms with Crippen molar-refractivity contribution < 1.29 is 4.42 Å². The van der Waals surface area contributed by atoms with Gasteiger partial charge in [0.2, 0.25) is 0 Å². The smallest absolute Gasteiger partial charge is 0.133 e. The number of hydrogen-bond donors (Lipinski definition) is 1. The number of nitrogens with one attached hydrogen (secondary N) is 1. The molecule has 0 saturated carbocycles. The summed E-state index contributed by atoms with van der Waals surface area (Å²) in [7, 11) is 0. The molecule has 0 fully saturated rings. The second-order valence-corrected chi connectivity index (χ2v) is 5.82. The van der Waals surface area contributed by atoms with E-state index >= 15 is 0 Å². The van der Waals surface area contributed by atoms with Crippen molar-refractivity contribution in [2.24, 2.45) is 0 Å². The van der Waals surface area contributed by atoms with E-state index < -0.39 is 0 Å². The van der Waals surface area contributed by atoms with E-state index in [1.165, 1.54) is 5.56 Å². The third-order valence-electron chi connectivity index (χ3n) is 3.26. The molecule has 0 atom stereocenters. The van der Waals surface area contributed by atoms with Gasteiger partial charge < -0.3 is 14.6 Å². The van der Waals surface area contributed by atoms with E-state index in [0.29, 0.717) is 0 Å². The molecule has 0 amide bonds. The molecule has 2 rings (SSSR count). The van der Waals surface area contributed by atoms with Crippen molar-refractivity contribution in [3.63, 3.8) is 0 Å². The second-order valence-electron chi connectivity index (χ2n) is 4.91. The second kappa shape index (κ2) is 8.20. The van der Waals surface area contributed by atoms with Crippen LogP contribution in [0.5, 0.6) is 0 Å². The molecule has 0 aliphatic rings. The predicted octanol–water partition coefficient (Wildman–Crippen LogP) is 3.96. The Kier molecular flexibility index (Phi) is 6.26. The first-order valence-corrected chi connectivity index (χ1v) is 8.16. The van der Waals surface area contributed by atoms with E-state index in [1.807, 2.05) is 18.3 Å². The largest absolute Gasteiger partial charge is 0.467 e.